The Labute approximate surface area is 175 Å². The molecule has 0 bridgehead atoms. The lowest BCUT2D eigenvalue weighted by atomic mass is 9.88. The van der Waals surface area contributed by atoms with Crippen molar-refractivity contribution in [1.29, 1.82) is 5.26 Å². The monoisotopic (exact) mass is 429 g/mol. The zero-order valence-electron chi connectivity index (χ0n) is 15.6. The molecule has 4 nitrogen and oxygen atoms in total. The van der Waals surface area contributed by atoms with Gasteiger partial charge in [0, 0.05) is 41.5 Å². The predicted octanol–water partition coefficient (Wildman–Crippen LogP) is 5.28. The van der Waals surface area contributed by atoms with E-state index in [0.29, 0.717) is 65.4 Å². The number of carbonyl (C=O) groups excluding carboxylic acids is 1. The van der Waals surface area contributed by atoms with Gasteiger partial charge in [-0.1, -0.05) is 11.6 Å². The van der Waals surface area contributed by atoms with Crippen molar-refractivity contribution in [3.8, 4) is 6.07 Å². The van der Waals surface area contributed by atoms with E-state index >= 15 is 0 Å². The molecule has 30 heavy (non-hydrogen) atoms. The van der Waals surface area contributed by atoms with Gasteiger partial charge in [-0.05, 0) is 37.1 Å². The van der Waals surface area contributed by atoms with Crippen LogP contribution in [0.1, 0.15) is 28.8 Å². The van der Waals surface area contributed by atoms with Crippen molar-refractivity contribution in [1.82, 2.24) is 4.98 Å². The fraction of sp³-hybridized carbons (Fsp3) is 0.227. The third-order valence-corrected chi connectivity index (χ3v) is 5.56. The van der Waals surface area contributed by atoms with Gasteiger partial charge < -0.3 is 4.90 Å². The largest absolute Gasteiger partial charge is 0.357 e. The predicted molar refractivity (Wildman–Crippen MR) is 107 cm³/mol. The minimum Gasteiger partial charge on any atom is -0.357 e. The molecule has 3 aromatic rings. The summed E-state index contributed by atoms with van der Waals surface area (Å²) in [5.74, 6) is -4.09. The van der Waals surface area contributed by atoms with Crippen LogP contribution in [0.3, 0.4) is 0 Å². The van der Waals surface area contributed by atoms with Crippen LogP contribution in [0.25, 0.3) is 10.9 Å². The van der Waals surface area contributed by atoms with E-state index in [-0.39, 0.29) is 0 Å². The Morgan fingerprint density at radius 2 is 1.77 bits per heavy atom. The Balaban J connectivity index is 1.55. The van der Waals surface area contributed by atoms with Crippen molar-refractivity contribution >= 4 is 34.1 Å². The fourth-order valence-electron chi connectivity index (χ4n) is 3.79. The van der Waals surface area contributed by atoms with Crippen LogP contribution in [0, 0.1) is 34.7 Å². The minimum atomic E-state index is -1.19. The van der Waals surface area contributed by atoms with Gasteiger partial charge in [-0.25, -0.2) is 18.2 Å². The lowest BCUT2D eigenvalue weighted by Crippen LogP contribution is -2.37. The van der Waals surface area contributed by atoms with Crippen LogP contribution < -0.4 is 4.90 Å². The van der Waals surface area contributed by atoms with Crippen LogP contribution in [0.2, 0.25) is 5.02 Å². The molecule has 0 unspecified atom stereocenters. The zero-order chi connectivity index (χ0) is 21.4. The van der Waals surface area contributed by atoms with Crippen molar-refractivity contribution < 1.29 is 18.0 Å². The molecule has 0 atom stereocenters. The number of anilines is 1. The molecule has 2 aromatic carbocycles. The molecule has 0 N–H and O–H groups in total. The maximum absolute atomic E-state index is 14.0. The maximum atomic E-state index is 14.0. The SMILES string of the molecule is N#Cc1cc(N2CCC(C(=O)c3c(F)cc(F)cc3F)CC2)nc2ccc(Cl)cc12. The smallest absolute Gasteiger partial charge is 0.171 e. The molecule has 8 heteroatoms. The lowest BCUT2D eigenvalue weighted by molar-refractivity contribution is 0.0891. The first kappa shape index (κ1) is 20.2. The van der Waals surface area contributed by atoms with Gasteiger partial charge in [-0.15, -0.1) is 0 Å². The Kier molecular flexibility index (Phi) is 5.35. The van der Waals surface area contributed by atoms with Gasteiger partial charge >= 0.3 is 0 Å². The summed E-state index contributed by atoms with van der Waals surface area (Å²) < 4.78 is 41.0. The molecule has 0 spiro atoms. The topological polar surface area (TPSA) is 57.0 Å². The van der Waals surface area contributed by atoms with Crippen LogP contribution in [-0.4, -0.2) is 23.9 Å². The molecule has 4 rings (SSSR count). The average molecular weight is 430 g/mol. The van der Waals surface area contributed by atoms with E-state index < -0.39 is 34.7 Å². The number of carbonyl (C=O) groups is 1. The molecule has 0 aliphatic carbocycles. The number of pyridine rings is 1. The van der Waals surface area contributed by atoms with Crippen LogP contribution in [0.4, 0.5) is 19.0 Å². The summed E-state index contributed by atoms with van der Waals surface area (Å²) in [6.45, 7) is 0.857. The van der Waals surface area contributed by atoms with Gasteiger partial charge in [0.1, 0.15) is 23.3 Å². The normalized spacial score (nSPS) is 14.7. The standard InChI is InChI=1S/C22H15ClF3N3O/c23-14-1-2-19-16(8-14)13(11-27)7-20(28-19)29-5-3-12(4-6-29)22(30)21-17(25)9-15(24)10-18(21)26/h1-2,7-10,12H,3-6H2. The van der Waals surface area contributed by atoms with E-state index in [4.69, 9.17) is 11.6 Å². The number of hydrogen-bond donors (Lipinski definition) is 0. The summed E-state index contributed by atoms with van der Waals surface area (Å²) in [6.07, 6.45) is 0.717. The fourth-order valence-corrected chi connectivity index (χ4v) is 3.96. The van der Waals surface area contributed by atoms with Crippen LogP contribution in [0.15, 0.2) is 36.4 Å². The highest BCUT2D eigenvalue weighted by Crippen LogP contribution is 2.30. The second kappa shape index (κ2) is 7.96. The molecule has 1 aliphatic rings. The number of benzene rings is 2. The van der Waals surface area contributed by atoms with Crippen LogP contribution in [-0.2, 0) is 0 Å². The number of ketones is 1. The van der Waals surface area contributed by atoms with Gasteiger partial charge in [-0.3, -0.25) is 4.79 Å². The molecule has 2 heterocycles. The average Bonchev–Trinajstić information content (AvgIpc) is 2.72. The summed E-state index contributed by atoms with van der Waals surface area (Å²) in [6, 6.07) is 9.95. The Bertz CT molecular complexity index is 1180. The molecular formula is C22H15ClF3N3O. The highest BCUT2D eigenvalue weighted by Gasteiger charge is 2.30. The second-order valence-electron chi connectivity index (χ2n) is 7.17. The number of rotatable bonds is 3. The van der Waals surface area contributed by atoms with E-state index in [1.165, 1.54) is 0 Å². The molecule has 1 fully saturated rings. The number of piperidine rings is 1. The number of halogens is 4. The summed E-state index contributed by atoms with van der Waals surface area (Å²) >= 11 is 6.01. The van der Waals surface area contributed by atoms with Crippen molar-refractivity contribution in [2.24, 2.45) is 5.92 Å². The highest BCUT2D eigenvalue weighted by atomic mass is 35.5. The number of fused-ring (bicyclic) bond motifs is 1. The van der Waals surface area contributed by atoms with E-state index in [0.717, 1.165) is 0 Å². The van der Waals surface area contributed by atoms with Gasteiger partial charge in [0.05, 0.1) is 22.7 Å². The molecule has 0 radical (unpaired) electrons. The summed E-state index contributed by atoms with van der Waals surface area (Å²) in [5.41, 5.74) is 0.371. The number of Topliss-reactive ketones (excluding diaryl/α,β-unsaturated/α-hetero) is 1. The van der Waals surface area contributed by atoms with Crippen LogP contribution in [0.5, 0.6) is 0 Å². The van der Waals surface area contributed by atoms with Crippen molar-refractivity contribution in [3.05, 3.63) is 70.0 Å². The van der Waals surface area contributed by atoms with E-state index in [2.05, 4.69) is 11.1 Å². The van der Waals surface area contributed by atoms with Gasteiger partial charge in [0.25, 0.3) is 0 Å². The van der Waals surface area contributed by atoms with Gasteiger partial charge in [0.15, 0.2) is 5.78 Å². The van der Waals surface area contributed by atoms with Crippen LogP contribution >= 0.6 is 11.6 Å². The van der Waals surface area contributed by atoms with Gasteiger partial charge in [-0.2, -0.15) is 5.26 Å². The summed E-state index contributed by atoms with van der Waals surface area (Å²) in [4.78, 5) is 19.1. The zero-order valence-corrected chi connectivity index (χ0v) is 16.4. The van der Waals surface area contributed by atoms with Crippen molar-refractivity contribution in [2.75, 3.05) is 18.0 Å². The number of nitriles is 1. The molecule has 152 valence electrons. The lowest BCUT2D eigenvalue weighted by Gasteiger charge is -2.32. The first-order valence-electron chi connectivity index (χ1n) is 9.31. The third kappa shape index (κ3) is 3.71. The summed E-state index contributed by atoms with van der Waals surface area (Å²) in [7, 11) is 0. The minimum absolute atomic E-state index is 0.358. The molecule has 0 amide bonds. The first-order valence-corrected chi connectivity index (χ1v) is 9.69. The maximum Gasteiger partial charge on any atom is 0.171 e. The second-order valence-corrected chi connectivity index (χ2v) is 7.61. The van der Waals surface area contributed by atoms with Crippen molar-refractivity contribution in [2.45, 2.75) is 12.8 Å². The molecule has 0 saturated carbocycles. The number of hydrogen-bond acceptors (Lipinski definition) is 4. The molecule has 1 saturated heterocycles. The summed E-state index contributed by atoms with van der Waals surface area (Å²) in [5, 5.41) is 10.6. The third-order valence-electron chi connectivity index (χ3n) is 5.32. The van der Waals surface area contributed by atoms with E-state index in [1.54, 1.807) is 24.3 Å². The van der Waals surface area contributed by atoms with E-state index in [9.17, 15) is 23.2 Å². The first-order chi connectivity index (χ1) is 14.4. The Morgan fingerprint density at radius 1 is 1.10 bits per heavy atom. The van der Waals surface area contributed by atoms with E-state index in [1.807, 2.05) is 4.90 Å². The quantitative estimate of drug-likeness (QED) is 0.532. The molecule has 1 aromatic heterocycles. The molecule has 1 aliphatic heterocycles. The number of aromatic nitrogens is 1. The Hall–Kier alpha value is -3.11. The Morgan fingerprint density at radius 3 is 2.40 bits per heavy atom. The van der Waals surface area contributed by atoms with Crippen molar-refractivity contribution in [3.63, 3.8) is 0 Å². The number of nitrogens with zero attached hydrogens (tertiary/aromatic N) is 3. The molecular weight excluding hydrogens is 415 g/mol. The van der Waals surface area contributed by atoms with Gasteiger partial charge in [0.2, 0.25) is 0 Å². The highest BCUT2D eigenvalue weighted by molar-refractivity contribution is 6.31.